The maximum atomic E-state index is 12.0. The normalized spacial score (nSPS) is 11.0. The Morgan fingerprint density at radius 3 is 2.92 bits per heavy atom. The van der Waals surface area contributed by atoms with Crippen LogP contribution in [-0.4, -0.2) is 22.1 Å². The Morgan fingerprint density at radius 1 is 1.42 bits per heavy atom. The number of hydrogen-bond donors (Lipinski definition) is 0. The van der Waals surface area contributed by atoms with Gasteiger partial charge in [-0.25, -0.2) is 9.78 Å². The summed E-state index contributed by atoms with van der Waals surface area (Å²) in [6.45, 7) is 10.7. The highest BCUT2D eigenvalue weighted by atomic mass is 32.1. The Morgan fingerprint density at radius 2 is 2.21 bits per heavy atom. The molecule has 2 aromatic heterocycles. The third-order valence-corrected chi connectivity index (χ3v) is 5.10. The van der Waals surface area contributed by atoms with E-state index in [0.717, 1.165) is 22.8 Å². The molecule has 0 radical (unpaired) electrons. The first-order valence-corrected chi connectivity index (χ1v) is 8.72. The van der Waals surface area contributed by atoms with Crippen LogP contribution in [0.1, 0.15) is 27.9 Å². The lowest BCUT2D eigenvalue weighted by Crippen LogP contribution is -2.03. The number of hydrogen-bond acceptors (Lipinski definition) is 4. The molecule has 0 N–H and O–H groups in total. The van der Waals surface area contributed by atoms with Gasteiger partial charge in [0.2, 0.25) is 0 Å². The fraction of sp³-hybridized carbons (Fsp3) is 0.263. The third kappa shape index (κ3) is 2.87. The second-order valence-corrected chi connectivity index (χ2v) is 6.64. The number of esters is 1. The Hall–Kier alpha value is -2.40. The minimum atomic E-state index is -0.298. The van der Waals surface area contributed by atoms with Crippen LogP contribution in [0.4, 0.5) is 0 Å². The first kappa shape index (κ1) is 16.5. The zero-order chi connectivity index (χ0) is 17.3. The van der Waals surface area contributed by atoms with Crippen LogP contribution in [0.5, 0.6) is 0 Å². The molecular weight excluding hydrogens is 320 g/mol. The molecule has 124 valence electrons. The number of benzene rings is 1. The second-order valence-electron chi connectivity index (χ2n) is 5.64. The average molecular weight is 340 g/mol. The molecule has 0 saturated carbocycles. The molecule has 1 aromatic carbocycles. The van der Waals surface area contributed by atoms with E-state index in [2.05, 4.69) is 47.4 Å². The maximum Gasteiger partial charge on any atom is 0.350 e. The number of ether oxygens (including phenoxy) is 1. The summed E-state index contributed by atoms with van der Waals surface area (Å²) >= 11 is 1.38. The number of nitrogens with zero attached hydrogens (tertiary/aromatic N) is 2. The summed E-state index contributed by atoms with van der Waals surface area (Å²) < 4.78 is 7.28. The molecule has 3 aromatic rings. The lowest BCUT2D eigenvalue weighted by Gasteiger charge is -2.02. The molecule has 24 heavy (non-hydrogen) atoms. The van der Waals surface area contributed by atoms with Crippen LogP contribution in [0.15, 0.2) is 37.1 Å². The molecule has 5 heteroatoms. The van der Waals surface area contributed by atoms with Gasteiger partial charge < -0.3 is 9.30 Å². The molecule has 0 atom stereocenters. The van der Waals surface area contributed by atoms with Gasteiger partial charge in [-0.2, -0.15) is 0 Å². The van der Waals surface area contributed by atoms with E-state index in [1.54, 1.807) is 6.92 Å². The smallest absolute Gasteiger partial charge is 0.350 e. The zero-order valence-electron chi connectivity index (χ0n) is 14.1. The van der Waals surface area contributed by atoms with Gasteiger partial charge in [0.1, 0.15) is 9.88 Å². The van der Waals surface area contributed by atoms with E-state index in [9.17, 15) is 4.79 Å². The number of rotatable bonds is 5. The van der Waals surface area contributed by atoms with Gasteiger partial charge in [-0.3, -0.25) is 0 Å². The quantitative estimate of drug-likeness (QED) is 0.497. The summed E-state index contributed by atoms with van der Waals surface area (Å²) in [7, 11) is 0. The number of allylic oxidation sites excluding steroid dienone is 1. The largest absolute Gasteiger partial charge is 0.462 e. The first-order chi connectivity index (χ1) is 11.5. The molecular formula is C19H20N2O2S. The highest BCUT2D eigenvalue weighted by molar-refractivity contribution is 7.17. The lowest BCUT2D eigenvalue weighted by atomic mass is 10.1. The fourth-order valence-corrected chi connectivity index (χ4v) is 3.76. The van der Waals surface area contributed by atoms with E-state index >= 15 is 0 Å². The molecule has 0 saturated heterocycles. The van der Waals surface area contributed by atoms with Gasteiger partial charge in [0.15, 0.2) is 0 Å². The predicted molar refractivity (Wildman–Crippen MR) is 98.7 cm³/mol. The van der Waals surface area contributed by atoms with Gasteiger partial charge in [-0.15, -0.1) is 17.9 Å². The zero-order valence-corrected chi connectivity index (χ0v) is 14.9. The molecule has 2 heterocycles. The summed E-state index contributed by atoms with van der Waals surface area (Å²) in [6.07, 6.45) is 4.02. The van der Waals surface area contributed by atoms with Crippen molar-refractivity contribution in [3.63, 3.8) is 0 Å². The topological polar surface area (TPSA) is 44.1 Å². The van der Waals surface area contributed by atoms with E-state index in [1.807, 2.05) is 13.0 Å². The number of carbonyl (C=O) groups is 1. The summed E-state index contributed by atoms with van der Waals surface area (Å²) in [6, 6.07) is 6.29. The van der Waals surface area contributed by atoms with Gasteiger partial charge in [0.05, 0.1) is 12.3 Å². The Kier molecular flexibility index (Phi) is 4.53. The Labute approximate surface area is 145 Å². The van der Waals surface area contributed by atoms with Crippen molar-refractivity contribution in [2.45, 2.75) is 27.3 Å². The van der Waals surface area contributed by atoms with Gasteiger partial charge in [-0.1, -0.05) is 6.08 Å². The monoisotopic (exact) mass is 340 g/mol. The van der Waals surface area contributed by atoms with Crippen LogP contribution in [0.3, 0.4) is 0 Å². The molecule has 3 rings (SSSR count). The summed E-state index contributed by atoms with van der Waals surface area (Å²) in [5, 5.41) is 2.04. The van der Waals surface area contributed by atoms with Crippen LogP contribution in [0.25, 0.3) is 21.5 Å². The summed E-state index contributed by atoms with van der Waals surface area (Å²) in [4.78, 5) is 17.1. The molecule has 0 aliphatic rings. The van der Waals surface area contributed by atoms with Gasteiger partial charge in [0, 0.05) is 29.2 Å². The first-order valence-electron chi connectivity index (χ1n) is 7.90. The summed E-state index contributed by atoms with van der Waals surface area (Å²) in [5.74, 6) is -0.298. The van der Waals surface area contributed by atoms with Gasteiger partial charge >= 0.3 is 5.97 Å². The van der Waals surface area contributed by atoms with Gasteiger partial charge in [0.25, 0.3) is 0 Å². The van der Waals surface area contributed by atoms with E-state index in [0.29, 0.717) is 11.5 Å². The van der Waals surface area contributed by atoms with Gasteiger partial charge in [-0.05, 0) is 44.5 Å². The van der Waals surface area contributed by atoms with Crippen LogP contribution in [0, 0.1) is 13.8 Å². The number of aryl methyl sites for hydroxylation is 2. The van der Waals surface area contributed by atoms with Crippen molar-refractivity contribution >= 4 is 28.2 Å². The maximum absolute atomic E-state index is 12.0. The molecule has 0 aliphatic heterocycles. The van der Waals surface area contributed by atoms with Crippen molar-refractivity contribution in [2.75, 3.05) is 6.61 Å². The molecule has 0 spiro atoms. The highest BCUT2D eigenvalue weighted by Gasteiger charge is 2.17. The second kappa shape index (κ2) is 6.61. The van der Waals surface area contributed by atoms with Crippen molar-refractivity contribution < 1.29 is 9.53 Å². The van der Waals surface area contributed by atoms with Crippen molar-refractivity contribution in [1.29, 1.82) is 0 Å². The number of carbonyl (C=O) groups excluding carboxylic acids is 1. The number of thiazole rings is 1. The Bertz CT molecular complexity index is 921. The van der Waals surface area contributed by atoms with Crippen molar-refractivity contribution in [3.8, 4) is 10.6 Å². The van der Waals surface area contributed by atoms with Crippen LogP contribution >= 0.6 is 11.3 Å². The molecule has 0 unspecified atom stereocenters. The summed E-state index contributed by atoms with van der Waals surface area (Å²) in [5.41, 5.74) is 4.13. The van der Waals surface area contributed by atoms with Crippen molar-refractivity contribution in [3.05, 3.63) is 53.2 Å². The predicted octanol–water partition coefficient (Wildman–Crippen LogP) is 4.74. The fourth-order valence-electron chi connectivity index (χ4n) is 2.80. The van der Waals surface area contributed by atoms with Crippen LogP contribution in [0.2, 0.25) is 0 Å². The van der Waals surface area contributed by atoms with Crippen molar-refractivity contribution in [2.24, 2.45) is 0 Å². The van der Waals surface area contributed by atoms with E-state index < -0.39 is 0 Å². The molecule has 0 amide bonds. The van der Waals surface area contributed by atoms with Crippen LogP contribution in [-0.2, 0) is 11.3 Å². The minimum Gasteiger partial charge on any atom is -0.462 e. The van der Waals surface area contributed by atoms with E-state index in [-0.39, 0.29) is 5.97 Å². The highest BCUT2D eigenvalue weighted by Crippen LogP contribution is 2.32. The third-order valence-electron chi connectivity index (χ3n) is 3.91. The number of aromatic nitrogens is 2. The van der Waals surface area contributed by atoms with Crippen molar-refractivity contribution in [1.82, 2.24) is 9.55 Å². The van der Waals surface area contributed by atoms with E-state index in [1.165, 1.54) is 27.8 Å². The minimum absolute atomic E-state index is 0.298. The average Bonchev–Trinajstić information content (AvgIpc) is 3.09. The lowest BCUT2D eigenvalue weighted by molar-refractivity contribution is 0.0531. The Balaban J connectivity index is 2.04. The molecule has 0 fully saturated rings. The molecule has 0 aliphatic carbocycles. The standard InChI is InChI=1S/C19H20N2O2S/c1-5-9-21-11-12(3)15-10-14(7-8-16(15)21)18-20-13(4)17(24-18)19(22)23-6-2/h5,7-8,10-11H,1,6,9H2,2-4H3. The molecule has 4 nitrogen and oxygen atoms in total. The van der Waals surface area contributed by atoms with E-state index in [4.69, 9.17) is 4.74 Å². The van der Waals surface area contributed by atoms with Crippen LogP contribution < -0.4 is 0 Å². The molecule has 0 bridgehead atoms. The number of fused-ring (bicyclic) bond motifs is 1. The SMILES string of the molecule is C=CCn1cc(C)c2cc(-c3nc(C)c(C(=O)OCC)s3)ccc21.